The quantitative estimate of drug-likeness (QED) is 0.0518. The van der Waals surface area contributed by atoms with Crippen LogP contribution < -0.4 is 0 Å². The molecular weight excluding hydrogens is 496 g/mol. The Morgan fingerprint density at radius 3 is 1.50 bits per heavy atom. The van der Waals surface area contributed by atoms with Gasteiger partial charge in [-0.15, -0.1) is 0 Å². The predicted molar refractivity (Wildman–Crippen MR) is 172 cm³/mol. The Balaban J connectivity index is 3.91. The van der Waals surface area contributed by atoms with Crippen LogP contribution in [0.25, 0.3) is 0 Å². The molecule has 0 rings (SSSR count). The molecule has 1 unspecified atom stereocenters. The molecule has 0 bridgehead atoms. The second-order valence-electron chi connectivity index (χ2n) is 11.7. The largest absolute Gasteiger partial charge is 0.481 e. The maximum atomic E-state index is 12.5. The average Bonchev–Trinajstić information content (AvgIpc) is 2.93. The number of allylic oxidation sites excluding steroid dienone is 3. The number of carbonyl (C=O) groups excluding carboxylic acids is 1. The molecule has 0 saturated heterocycles. The minimum Gasteiger partial charge on any atom is -0.481 e. The van der Waals surface area contributed by atoms with Crippen LogP contribution in [0.1, 0.15) is 187 Å². The number of rotatable bonds is 31. The van der Waals surface area contributed by atoms with Crippen molar-refractivity contribution in [3.05, 3.63) is 24.3 Å². The molecule has 0 spiro atoms. The van der Waals surface area contributed by atoms with E-state index >= 15 is 0 Å². The van der Waals surface area contributed by atoms with Crippen LogP contribution >= 0.6 is 0 Å². The molecule has 0 aromatic rings. The standard InChI is InChI=1S/C36H66O4/c1-3-5-7-9-10-11-12-13-14-15-16-17-22-25-29-33-36(39)40-34(30-26-8-6-4-2)31-27-23-20-18-19-21-24-28-32-35(37)38/h13-14,23,27,34H,3-12,15-22,24-26,28-33H2,1-2H3,(H,37,38)/b14-13-,27-23-. The topological polar surface area (TPSA) is 63.6 Å². The first kappa shape index (κ1) is 38.4. The van der Waals surface area contributed by atoms with Crippen LogP contribution in [-0.2, 0) is 14.3 Å². The number of unbranched alkanes of at least 4 members (excludes halogenated alkanes) is 19. The zero-order valence-electron chi connectivity index (χ0n) is 26.7. The minimum atomic E-state index is -0.694. The van der Waals surface area contributed by atoms with Gasteiger partial charge in [0.05, 0.1) is 0 Å². The van der Waals surface area contributed by atoms with E-state index in [0.717, 1.165) is 70.6 Å². The van der Waals surface area contributed by atoms with E-state index < -0.39 is 5.97 Å². The molecule has 4 heteroatoms. The average molecular weight is 563 g/mol. The second kappa shape index (κ2) is 31.9. The third-order valence-corrected chi connectivity index (χ3v) is 7.65. The van der Waals surface area contributed by atoms with Crippen molar-refractivity contribution in [2.45, 2.75) is 193 Å². The highest BCUT2D eigenvalue weighted by Crippen LogP contribution is 2.16. The summed E-state index contributed by atoms with van der Waals surface area (Å²) >= 11 is 0. The lowest BCUT2D eigenvalue weighted by atomic mass is 10.1. The Hall–Kier alpha value is -1.58. The predicted octanol–water partition coefficient (Wildman–Crippen LogP) is 11.7. The van der Waals surface area contributed by atoms with Crippen molar-refractivity contribution in [1.82, 2.24) is 0 Å². The summed E-state index contributed by atoms with van der Waals surface area (Å²) in [5, 5.41) is 8.69. The van der Waals surface area contributed by atoms with Crippen molar-refractivity contribution >= 4 is 11.9 Å². The van der Waals surface area contributed by atoms with Crippen LogP contribution in [0.2, 0.25) is 0 Å². The van der Waals surface area contributed by atoms with Gasteiger partial charge in [-0.25, -0.2) is 0 Å². The van der Waals surface area contributed by atoms with Gasteiger partial charge in [-0.3, -0.25) is 9.59 Å². The van der Waals surface area contributed by atoms with Crippen LogP contribution in [0, 0.1) is 0 Å². The molecule has 0 aliphatic heterocycles. The second-order valence-corrected chi connectivity index (χ2v) is 11.7. The summed E-state index contributed by atoms with van der Waals surface area (Å²) in [6.45, 7) is 4.49. The van der Waals surface area contributed by atoms with E-state index in [2.05, 4.69) is 38.2 Å². The van der Waals surface area contributed by atoms with Crippen LogP contribution in [0.5, 0.6) is 0 Å². The number of ether oxygens (including phenoxy) is 1. The van der Waals surface area contributed by atoms with Crippen molar-refractivity contribution in [2.75, 3.05) is 0 Å². The van der Waals surface area contributed by atoms with Gasteiger partial charge in [0, 0.05) is 19.3 Å². The Labute approximate surface area is 248 Å². The Bertz CT molecular complexity index is 610. The van der Waals surface area contributed by atoms with Gasteiger partial charge in [-0.1, -0.05) is 128 Å². The molecule has 0 saturated carbocycles. The lowest BCUT2D eigenvalue weighted by molar-refractivity contribution is -0.149. The molecule has 0 radical (unpaired) electrons. The third-order valence-electron chi connectivity index (χ3n) is 7.65. The number of hydrogen-bond acceptors (Lipinski definition) is 3. The first-order valence-corrected chi connectivity index (χ1v) is 17.3. The number of carboxylic acids is 1. The molecule has 0 aliphatic carbocycles. The molecule has 0 fully saturated rings. The Morgan fingerprint density at radius 2 is 0.975 bits per heavy atom. The fourth-order valence-corrected chi connectivity index (χ4v) is 5.04. The van der Waals surface area contributed by atoms with Gasteiger partial charge in [0.2, 0.25) is 0 Å². The maximum Gasteiger partial charge on any atom is 0.306 e. The van der Waals surface area contributed by atoms with Crippen molar-refractivity contribution in [1.29, 1.82) is 0 Å². The molecule has 0 heterocycles. The molecule has 0 aliphatic rings. The first-order chi connectivity index (χ1) is 19.6. The lowest BCUT2D eigenvalue weighted by Crippen LogP contribution is -2.17. The molecule has 234 valence electrons. The number of hydrogen-bond donors (Lipinski definition) is 1. The highest BCUT2D eigenvalue weighted by molar-refractivity contribution is 5.69. The summed E-state index contributed by atoms with van der Waals surface area (Å²) in [6.07, 6.45) is 39.3. The van der Waals surface area contributed by atoms with Gasteiger partial charge in [0.1, 0.15) is 6.10 Å². The van der Waals surface area contributed by atoms with E-state index in [1.165, 1.54) is 89.9 Å². The fourth-order valence-electron chi connectivity index (χ4n) is 5.04. The number of esters is 1. The monoisotopic (exact) mass is 562 g/mol. The van der Waals surface area contributed by atoms with Crippen molar-refractivity contribution in [2.24, 2.45) is 0 Å². The van der Waals surface area contributed by atoms with Gasteiger partial charge >= 0.3 is 11.9 Å². The highest BCUT2D eigenvalue weighted by Gasteiger charge is 2.13. The number of carbonyl (C=O) groups is 2. The maximum absolute atomic E-state index is 12.5. The van der Waals surface area contributed by atoms with Crippen molar-refractivity contribution < 1.29 is 19.4 Å². The Kier molecular flexibility index (Phi) is 30.7. The molecule has 40 heavy (non-hydrogen) atoms. The zero-order valence-corrected chi connectivity index (χ0v) is 26.7. The van der Waals surface area contributed by atoms with Crippen molar-refractivity contribution in [3.63, 3.8) is 0 Å². The summed E-state index contributed by atoms with van der Waals surface area (Å²) < 4.78 is 5.89. The third kappa shape index (κ3) is 31.0. The minimum absolute atomic E-state index is 0.0137. The van der Waals surface area contributed by atoms with E-state index in [1.54, 1.807) is 0 Å². The normalized spacial score (nSPS) is 12.4. The van der Waals surface area contributed by atoms with E-state index in [0.29, 0.717) is 6.42 Å². The summed E-state index contributed by atoms with van der Waals surface area (Å²) in [5.41, 5.74) is 0. The van der Waals surface area contributed by atoms with Gasteiger partial charge in [-0.05, 0) is 64.2 Å². The molecule has 0 aromatic heterocycles. The molecule has 1 atom stereocenters. The van der Waals surface area contributed by atoms with E-state index in [4.69, 9.17) is 9.84 Å². The van der Waals surface area contributed by atoms with E-state index in [-0.39, 0.29) is 18.5 Å². The first-order valence-electron chi connectivity index (χ1n) is 17.3. The summed E-state index contributed by atoms with van der Waals surface area (Å²) in [7, 11) is 0. The molecule has 1 N–H and O–H groups in total. The summed E-state index contributed by atoms with van der Waals surface area (Å²) in [6, 6.07) is 0. The van der Waals surface area contributed by atoms with Crippen LogP contribution in [0.15, 0.2) is 24.3 Å². The molecule has 4 nitrogen and oxygen atoms in total. The highest BCUT2D eigenvalue weighted by atomic mass is 16.5. The van der Waals surface area contributed by atoms with Gasteiger partial charge < -0.3 is 9.84 Å². The fraction of sp³-hybridized carbons (Fsp3) is 0.833. The molecule has 0 aromatic carbocycles. The van der Waals surface area contributed by atoms with Gasteiger partial charge in [0.15, 0.2) is 0 Å². The van der Waals surface area contributed by atoms with Crippen molar-refractivity contribution in [3.8, 4) is 0 Å². The van der Waals surface area contributed by atoms with Crippen LogP contribution in [0.4, 0.5) is 0 Å². The van der Waals surface area contributed by atoms with Crippen LogP contribution in [-0.4, -0.2) is 23.1 Å². The Morgan fingerprint density at radius 1 is 0.550 bits per heavy atom. The zero-order chi connectivity index (χ0) is 29.4. The summed E-state index contributed by atoms with van der Waals surface area (Å²) in [4.78, 5) is 23.0. The van der Waals surface area contributed by atoms with Gasteiger partial charge in [-0.2, -0.15) is 0 Å². The number of carboxylic acid groups (broad SMARTS) is 1. The van der Waals surface area contributed by atoms with Gasteiger partial charge in [0.25, 0.3) is 0 Å². The smallest absolute Gasteiger partial charge is 0.306 e. The summed E-state index contributed by atoms with van der Waals surface area (Å²) in [5.74, 6) is -0.714. The SMILES string of the molecule is CCCCCCCC/C=C\CCCCCCCC(=O)OC(C/C=C\CCCCCCCC(=O)O)CCCCCC. The molecule has 0 amide bonds. The molecular formula is C36H66O4. The lowest BCUT2D eigenvalue weighted by Gasteiger charge is -2.16. The van der Waals surface area contributed by atoms with Crippen LogP contribution in [0.3, 0.4) is 0 Å². The number of aliphatic carboxylic acids is 1. The van der Waals surface area contributed by atoms with E-state index in [1.807, 2.05) is 0 Å². The van der Waals surface area contributed by atoms with E-state index in [9.17, 15) is 9.59 Å².